The largest absolute Gasteiger partial charge is 0.472 e. The minimum atomic E-state index is -0.397. The van der Waals surface area contributed by atoms with Crippen molar-refractivity contribution in [2.24, 2.45) is 11.1 Å². The molecule has 0 aliphatic heterocycles. The van der Waals surface area contributed by atoms with Gasteiger partial charge in [-0.3, -0.25) is 9.69 Å². The third-order valence-corrected chi connectivity index (χ3v) is 4.29. The zero-order valence-electron chi connectivity index (χ0n) is 17.9. The van der Waals surface area contributed by atoms with E-state index in [1.54, 1.807) is 7.11 Å². The van der Waals surface area contributed by atoms with Crippen LogP contribution >= 0.6 is 0 Å². The van der Waals surface area contributed by atoms with Crippen molar-refractivity contribution in [2.75, 3.05) is 27.5 Å². The van der Waals surface area contributed by atoms with Crippen LogP contribution in [0, 0.1) is 5.41 Å². The number of nitrogens with two attached hydrogens (primary N) is 1. The molecule has 1 amide bonds. The van der Waals surface area contributed by atoms with Gasteiger partial charge in [0.2, 0.25) is 5.91 Å². The van der Waals surface area contributed by atoms with Gasteiger partial charge in [-0.1, -0.05) is 75.4 Å². The molecule has 2 N–H and O–H groups in total. The molecule has 0 radical (unpaired) electrons. The van der Waals surface area contributed by atoms with Crippen LogP contribution in [0.15, 0.2) is 59.9 Å². The second-order valence-electron chi connectivity index (χ2n) is 7.85. The molecule has 0 saturated carbocycles. The average Bonchev–Trinajstić information content (AvgIpc) is 2.61. The molecule has 1 atom stereocenters. The molecule has 1 aromatic rings. The number of likely N-dealkylation sites (N-methyl/N-ethyl adjacent to an activating group) is 1. The van der Waals surface area contributed by atoms with Gasteiger partial charge in [0.1, 0.15) is 5.76 Å². The van der Waals surface area contributed by atoms with Crippen molar-refractivity contribution < 1.29 is 14.3 Å². The lowest BCUT2D eigenvalue weighted by molar-refractivity contribution is -0.126. The van der Waals surface area contributed by atoms with E-state index in [9.17, 15) is 4.79 Å². The van der Waals surface area contributed by atoms with E-state index >= 15 is 0 Å². The summed E-state index contributed by atoms with van der Waals surface area (Å²) in [4.78, 5) is 14.0. The molecule has 154 valence electrons. The first-order valence-corrected chi connectivity index (χ1v) is 9.37. The van der Waals surface area contributed by atoms with Crippen molar-refractivity contribution in [1.29, 1.82) is 0 Å². The highest BCUT2D eigenvalue weighted by molar-refractivity contribution is 5.80. The first-order valence-electron chi connectivity index (χ1n) is 9.37. The van der Waals surface area contributed by atoms with Crippen LogP contribution in [0.25, 0.3) is 6.08 Å². The summed E-state index contributed by atoms with van der Waals surface area (Å²) in [6.07, 6.45) is 7.96. The Morgan fingerprint density at radius 1 is 1.21 bits per heavy atom. The van der Waals surface area contributed by atoms with Gasteiger partial charge >= 0.3 is 0 Å². The van der Waals surface area contributed by atoms with Gasteiger partial charge in [0, 0.05) is 19.2 Å². The summed E-state index contributed by atoms with van der Waals surface area (Å²) in [6, 6.07) is 9.69. The van der Waals surface area contributed by atoms with Gasteiger partial charge < -0.3 is 15.2 Å². The number of nitrogens with zero attached hydrogens (tertiary/aromatic N) is 1. The zero-order valence-corrected chi connectivity index (χ0v) is 17.9. The van der Waals surface area contributed by atoms with Gasteiger partial charge in [0.15, 0.2) is 6.79 Å². The lowest BCUT2D eigenvalue weighted by Crippen LogP contribution is -2.51. The molecule has 0 aliphatic carbocycles. The molecule has 0 aliphatic rings. The molecule has 1 rings (SSSR count). The van der Waals surface area contributed by atoms with E-state index in [4.69, 9.17) is 15.2 Å². The van der Waals surface area contributed by atoms with E-state index in [-0.39, 0.29) is 18.1 Å². The van der Waals surface area contributed by atoms with Crippen LogP contribution in [0.5, 0.6) is 0 Å². The van der Waals surface area contributed by atoms with Gasteiger partial charge in [0.25, 0.3) is 0 Å². The number of carbonyl (C=O) groups is 1. The first-order chi connectivity index (χ1) is 13.2. The fourth-order valence-corrected chi connectivity index (χ4v) is 3.09. The maximum absolute atomic E-state index is 12.0. The van der Waals surface area contributed by atoms with Crippen LogP contribution in [-0.2, 0) is 14.3 Å². The van der Waals surface area contributed by atoms with Gasteiger partial charge in [0.05, 0.1) is 6.04 Å². The number of rotatable bonds is 10. The lowest BCUT2D eigenvalue weighted by Gasteiger charge is -2.36. The van der Waals surface area contributed by atoms with Crippen LogP contribution in [0.2, 0.25) is 0 Å². The molecule has 0 fully saturated rings. The van der Waals surface area contributed by atoms with Crippen molar-refractivity contribution in [3.8, 4) is 0 Å². The number of carbonyl (C=O) groups excluding carboxylic acids is 1. The van der Waals surface area contributed by atoms with E-state index in [1.807, 2.05) is 94.3 Å². The fraction of sp³-hybridized carbons (Fsp3) is 0.435. The van der Waals surface area contributed by atoms with Crippen molar-refractivity contribution in [2.45, 2.75) is 33.7 Å². The van der Waals surface area contributed by atoms with E-state index in [0.29, 0.717) is 6.54 Å². The Balaban J connectivity index is 3.01. The quantitative estimate of drug-likeness (QED) is 0.375. The van der Waals surface area contributed by atoms with Crippen molar-refractivity contribution in [3.05, 3.63) is 65.5 Å². The summed E-state index contributed by atoms with van der Waals surface area (Å²) in [6.45, 7) is 8.62. The van der Waals surface area contributed by atoms with Crippen LogP contribution in [-0.4, -0.2) is 44.3 Å². The summed E-state index contributed by atoms with van der Waals surface area (Å²) in [5, 5.41) is 0. The summed E-state index contributed by atoms with van der Waals surface area (Å²) < 4.78 is 10.6. The number of hydrogen-bond acceptors (Lipinski definition) is 4. The maximum atomic E-state index is 12.0. The SMILES string of the molecule is COCO/C(C)=C(/C=C\C=C\c1ccccc1)CN(C)C(C(N)=O)C(C)(C)C. The zero-order chi connectivity index (χ0) is 21.2. The van der Waals surface area contributed by atoms with Gasteiger partial charge in [-0.05, 0) is 24.9 Å². The molecule has 0 spiro atoms. The minimum absolute atomic E-state index is 0.172. The van der Waals surface area contributed by atoms with E-state index in [0.717, 1.165) is 16.9 Å². The molecule has 5 heteroatoms. The molecule has 0 bridgehead atoms. The van der Waals surface area contributed by atoms with E-state index < -0.39 is 6.04 Å². The number of hydrogen-bond donors (Lipinski definition) is 1. The highest BCUT2D eigenvalue weighted by Crippen LogP contribution is 2.24. The number of allylic oxidation sites excluding steroid dienone is 3. The summed E-state index contributed by atoms with van der Waals surface area (Å²) >= 11 is 0. The molecular weight excluding hydrogens is 352 g/mol. The highest BCUT2D eigenvalue weighted by atomic mass is 16.7. The Morgan fingerprint density at radius 2 is 1.86 bits per heavy atom. The third kappa shape index (κ3) is 8.11. The van der Waals surface area contributed by atoms with E-state index in [2.05, 4.69) is 0 Å². The smallest absolute Gasteiger partial charge is 0.235 e. The molecule has 1 unspecified atom stereocenters. The topological polar surface area (TPSA) is 64.8 Å². The lowest BCUT2D eigenvalue weighted by atomic mass is 9.85. The molecule has 0 aromatic heterocycles. The maximum Gasteiger partial charge on any atom is 0.235 e. The Morgan fingerprint density at radius 3 is 2.39 bits per heavy atom. The Kier molecular flexibility index (Phi) is 9.69. The number of ether oxygens (including phenoxy) is 2. The van der Waals surface area contributed by atoms with E-state index in [1.165, 1.54) is 0 Å². The average molecular weight is 387 g/mol. The highest BCUT2D eigenvalue weighted by Gasteiger charge is 2.33. The Labute approximate surface area is 169 Å². The normalized spacial score (nSPS) is 14.5. The predicted molar refractivity (Wildman–Crippen MR) is 115 cm³/mol. The predicted octanol–water partition coefficient (Wildman–Crippen LogP) is 3.98. The van der Waals surface area contributed by atoms with Crippen LogP contribution in [0.1, 0.15) is 33.3 Å². The molecule has 0 saturated heterocycles. The Hall–Kier alpha value is -2.37. The van der Waals surface area contributed by atoms with Crippen molar-refractivity contribution in [1.82, 2.24) is 4.90 Å². The minimum Gasteiger partial charge on any atom is -0.472 e. The number of amides is 1. The second kappa shape index (κ2) is 11.5. The van der Waals surface area contributed by atoms with Gasteiger partial charge in [-0.15, -0.1) is 0 Å². The van der Waals surface area contributed by atoms with Crippen molar-refractivity contribution >= 4 is 12.0 Å². The summed E-state index contributed by atoms with van der Waals surface area (Å²) in [7, 11) is 3.48. The molecule has 1 aromatic carbocycles. The van der Waals surface area contributed by atoms with Crippen LogP contribution < -0.4 is 5.73 Å². The Bertz CT molecular complexity index is 700. The standard InChI is InChI=1S/C23H34N2O3/c1-18(28-17-27-6)20(15-11-10-14-19-12-8-7-9-13-19)16-25(5)21(22(24)26)23(2,3)4/h7-15,21H,16-17H2,1-6H3,(H2,24,26)/b14-10+,15-11-,20-18-. The molecule has 28 heavy (non-hydrogen) atoms. The molecule has 5 nitrogen and oxygen atoms in total. The van der Waals surface area contributed by atoms with Crippen LogP contribution in [0.3, 0.4) is 0 Å². The third-order valence-electron chi connectivity index (χ3n) is 4.29. The monoisotopic (exact) mass is 386 g/mol. The van der Waals surface area contributed by atoms with Crippen molar-refractivity contribution in [3.63, 3.8) is 0 Å². The number of benzene rings is 1. The second-order valence-corrected chi connectivity index (χ2v) is 7.85. The van der Waals surface area contributed by atoms with Gasteiger partial charge in [-0.2, -0.15) is 0 Å². The van der Waals surface area contributed by atoms with Crippen LogP contribution in [0.4, 0.5) is 0 Å². The summed E-state index contributed by atoms with van der Waals surface area (Å²) in [5.74, 6) is 0.410. The summed E-state index contributed by atoms with van der Waals surface area (Å²) in [5.41, 5.74) is 7.47. The molecular formula is C23H34N2O3. The number of primary amides is 1. The van der Waals surface area contributed by atoms with Gasteiger partial charge in [-0.25, -0.2) is 0 Å². The number of methoxy groups -OCH3 is 1. The first kappa shape index (κ1) is 23.7. The fourth-order valence-electron chi connectivity index (χ4n) is 3.09. The molecule has 0 heterocycles.